The van der Waals surface area contributed by atoms with Crippen LogP contribution in [-0.2, 0) is 9.53 Å². The van der Waals surface area contributed by atoms with Gasteiger partial charge in [-0.25, -0.2) is 0 Å². The number of rotatable bonds is 1. The lowest BCUT2D eigenvalue weighted by atomic mass is 9.52. The number of hydrogen-bond donors (Lipinski definition) is 1. The Balaban J connectivity index is 2.00. The van der Waals surface area contributed by atoms with Crippen LogP contribution >= 0.6 is 0 Å². The molecule has 62 valence electrons. The molecule has 1 aliphatic heterocycles. The monoisotopic (exact) mass is 156 g/mol. The summed E-state index contributed by atoms with van der Waals surface area (Å²) < 4.78 is 5.06. The molecule has 0 amide bonds. The Labute approximate surface area is 65.4 Å². The van der Waals surface area contributed by atoms with E-state index in [1.165, 1.54) is 0 Å². The van der Waals surface area contributed by atoms with Gasteiger partial charge in [-0.3, -0.25) is 4.79 Å². The third-order valence-electron chi connectivity index (χ3n) is 2.86. The molecule has 1 spiro atoms. The van der Waals surface area contributed by atoms with Crippen molar-refractivity contribution in [2.45, 2.75) is 19.8 Å². The van der Waals surface area contributed by atoms with Crippen molar-refractivity contribution in [2.24, 2.45) is 10.8 Å². The molecular formula is C8H12O3. The summed E-state index contributed by atoms with van der Waals surface area (Å²) in [7, 11) is 0. The molecule has 3 nitrogen and oxygen atoms in total. The summed E-state index contributed by atoms with van der Waals surface area (Å²) >= 11 is 0. The summed E-state index contributed by atoms with van der Waals surface area (Å²) in [6, 6.07) is 0. The van der Waals surface area contributed by atoms with Crippen molar-refractivity contribution in [3.63, 3.8) is 0 Å². The minimum atomic E-state index is -0.657. The van der Waals surface area contributed by atoms with Crippen molar-refractivity contribution < 1.29 is 14.6 Å². The third kappa shape index (κ3) is 0.805. The second-order valence-corrected chi connectivity index (χ2v) is 4.21. The second-order valence-electron chi connectivity index (χ2n) is 4.21. The van der Waals surface area contributed by atoms with E-state index in [1.807, 2.05) is 6.92 Å². The summed E-state index contributed by atoms with van der Waals surface area (Å²) in [4.78, 5) is 10.7. The van der Waals surface area contributed by atoms with E-state index >= 15 is 0 Å². The van der Waals surface area contributed by atoms with Gasteiger partial charge in [0.1, 0.15) is 0 Å². The Morgan fingerprint density at radius 1 is 1.45 bits per heavy atom. The SMILES string of the molecule is CC1(C(=O)O)CC2(COC2)C1. The van der Waals surface area contributed by atoms with Crippen LogP contribution in [0.2, 0.25) is 0 Å². The van der Waals surface area contributed by atoms with Crippen LogP contribution in [0.5, 0.6) is 0 Å². The van der Waals surface area contributed by atoms with Crippen molar-refractivity contribution in [3.8, 4) is 0 Å². The van der Waals surface area contributed by atoms with Crippen LogP contribution in [-0.4, -0.2) is 24.3 Å². The molecule has 1 aliphatic carbocycles. The fourth-order valence-electron chi connectivity index (χ4n) is 2.35. The van der Waals surface area contributed by atoms with E-state index < -0.39 is 11.4 Å². The molecular weight excluding hydrogens is 144 g/mol. The number of carboxylic acid groups (broad SMARTS) is 1. The van der Waals surface area contributed by atoms with Crippen LogP contribution in [0.4, 0.5) is 0 Å². The molecule has 2 rings (SSSR count). The first kappa shape index (κ1) is 7.10. The highest BCUT2D eigenvalue weighted by molar-refractivity contribution is 5.75. The Morgan fingerprint density at radius 2 is 2.00 bits per heavy atom. The summed E-state index contributed by atoms with van der Waals surface area (Å²) in [5, 5.41) is 8.80. The average Bonchev–Trinajstić information content (AvgIpc) is 1.75. The molecule has 11 heavy (non-hydrogen) atoms. The normalized spacial score (nSPS) is 30.6. The van der Waals surface area contributed by atoms with Crippen LogP contribution < -0.4 is 0 Å². The van der Waals surface area contributed by atoms with Gasteiger partial charge in [0.05, 0.1) is 18.6 Å². The fraction of sp³-hybridized carbons (Fsp3) is 0.875. The lowest BCUT2D eigenvalue weighted by molar-refractivity contribution is -0.216. The highest BCUT2D eigenvalue weighted by Gasteiger charge is 2.59. The molecule has 0 bridgehead atoms. The maximum atomic E-state index is 10.7. The highest BCUT2D eigenvalue weighted by Crippen LogP contribution is 2.58. The van der Waals surface area contributed by atoms with Crippen molar-refractivity contribution in [2.75, 3.05) is 13.2 Å². The first-order valence-electron chi connectivity index (χ1n) is 3.88. The van der Waals surface area contributed by atoms with Crippen LogP contribution in [0.3, 0.4) is 0 Å². The number of carbonyl (C=O) groups is 1. The predicted molar refractivity (Wildman–Crippen MR) is 38.2 cm³/mol. The summed E-state index contributed by atoms with van der Waals surface area (Å²) in [6.07, 6.45) is 1.60. The lowest BCUT2D eigenvalue weighted by Gasteiger charge is -2.57. The maximum Gasteiger partial charge on any atom is 0.309 e. The van der Waals surface area contributed by atoms with Gasteiger partial charge in [-0.15, -0.1) is 0 Å². The predicted octanol–water partition coefficient (Wildman–Crippen LogP) is 0.888. The molecule has 1 N–H and O–H groups in total. The number of ether oxygens (including phenoxy) is 1. The molecule has 0 aromatic rings. The van der Waals surface area contributed by atoms with E-state index in [9.17, 15) is 4.79 Å². The second kappa shape index (κ2) is 1.78. The zero-order chi connectivity index (χ0) is 8.11. The van der Waals surface area contributed by atoms with E-state index in [-0.39, 0.29) is 5.41 Å². The first-order chi connectivity index (χ1) is 5.06. The molecule has 1 heterocycles. The van der Waals surface area contributed by atoms with Crippen molar-refractivity contribution in [1.29, 1.82) is 0 Å². The van der Waals surface area contributed by atoms with Gasteiger partial charge in [0.2, 0.25) is 0 Å². The maximum absolute atomic E-state index is 10.7. The Bertz CT molecular complexity index is 197. The van der Waals surface area contributed by atoms with Gasteiger partial charge in [0, 0.05) is 5.41 Å². The molecule has 0 aromatic heterocycles. The van der Waals surface area contributed by atoms with Crippen molar-refractivity contribution >= 4 is 5.97 Å². The van der Waals surface area contributed by atoms with Crippen LogP contribution in [0.1, 0.15) is 19.8 Å². The van der Waals surface area contributed by atoms with E-state index in [0.717, 1.165) is 26.1 Å². The van der Waals surface area contributed by atoms with Crippen LogP contribution in [0.15, 0.2) is 0 Å². The number of aliphatic carboxylic acids is 1. The Morgan fingerprint density at radius 3 is 2.27 bits per heavy atom. The smallest absolute Gasteiger partial charge is 0.309 e. The summed E-state index contributed by atoms with van der Waals surface area (Å²) in [5.74, 6) is -0.657. The van der Waals surface area contributed by atoms with Gasteiger partial charge >= 0.3 is 5.97 Å². The van der Waals surface area contributed by atoms with E-state index in [1.54, 1.807) is 0 Å². The quantitative estimate of drug-likeness (QED) is 0.613. The van der Waals surface area contributed by atoms with Gasteiger partial charge in [-0.1, -0.05) is 0 Å². The van der Waals surface area contributed by atoms with Gasteiger partial charge in [-0.05, 0) is 19.8 Å². The Hall–Kier alpha value is -0.570. The Kier molecular flexibility index (Phi) is 1.15. The standard InChI is InChI=1S/C8H12O3/c1-7(6(9)10)2-8(3-7)4-11-5-8/h2-5H2,1H3,(H,9,10). The lowest BCUT2D eigenvalue weighted by Crippen LogP contribution is -2.59. The number of hydrogen-bond acceptors (Lipinski definition) is 2. The zero-order valence-electron chi connectivity index (χ0n) is 6.59. The third-order valence-corrected chi connectivity index (χ3v) is 2.86. The van der Waals surface area contributed by atoms with E-state index in [0.29, 0.717) is 0 Å². The fourth-order valence-corrected chi connectivity index (χ4v) is 2.35. The summed E-state index contributed by atoms with van der Waals surface area (Å²) in [6.45, 7) is 3.37. The molecule has 0 radical (unpaired) electrons. The zero-order valence-corrected chi connectivity index (χ0v) is 6.59. The van der Waals surface area contributed by atoms with Gasteiger partial charge < -0.3 is 9.84 Å². The van der Waals surface area contributed by atoms with E-state index in [4.69, 9.17) is 9.84 Å². The van der Waals surface area contributed by atoms with Gasteiger partial charge in [0.25, 0.3) is 0 Å². The summed E-state index contributed by atoms with van der Waals surface area (Å²) in [5.41, 5.74) is -0.198. The molecule has 0 unspecified atom stereocenters. The molecule has 0 aromatic carbocycles. The van der Waals surface area contributed by atoms with E-state index in [2.05, 4.69) is 0 Å². The molecule has 1 saturated heterocycles. The van der Waals surface area contributed by atoms with Crippen molar-refractivity contribution in [3.05, 3.63) is 0 Å². The topological polar surface area (TPSA) is 46.5 Å². The molecule has 1 saturated carbocycles. The van der Waals surface area contributed by atoms with Crippen LogP contribution in [0.25, 0.3) is 0 Å². The molecule has 0 atom stereocenters. The molecule has 3 heteroatoms. The molecule has 2 fully saturated rings. The van der Waals surface area contributed by atoms with Gasteiger partial charge in [0.15, 0.2) is 0 Å². The average molecular weight is 156 g/mol. The minimum absolute atomic E-state index is 0.257. The largest absolute Gasteiger partial charge is 0.481 e. The number of carboxylic acids is 1. The van der Waals surface area contributed by atoms with Crippen molar-refractivity contribution in [1.82, 2.24) is 0 Å². The first-order valence-corrected chi connectivity index (χ1v) is 3.88. The van der Waals surface area contributed by atoms with Gasteiger partial charge in [-0.2, -0.15) is 0 Å². The van der Waals surface area contributed by atoms with Crippen LogP contribution in [0, 0.1) is 10.8 Å². The molecule has 2 aliphatic rings. The highest BCUT2D eigenvalue weighted by atomic mass is 16.5. The minimum Gasteiger partial charge on any atom is -0.481 e.